The van der Waals surface area contributed by atoms with E-state index in [0.29, 0.717) is 6.54 Å². The normalized spacial score (nSPS) is 10.2. The number of nitrogens with one attached hydrogen (secondary N) is 1. The molecule has 1 N–H and O–H groups in total. The lowest BCUT2D eigenvalue weighted by molar-refractivity contribution is 0.198. The van der Waals surface area contributed by atoms with E-state index in [2.05, 4.69) is 19.2 Å². The molecule has 4 nitrogen and oxygen atoms in total. The predicted octanol–water partition coefficient (Wildman–Crippen LogP) is 3.07. The van der Waals surface area contributed by atoms with Gasteiger partial charge in [-0.1, -0.05) is 26.0 Å². The summed E-state index contributed by atoms with van der Waals surface area (Å²) in [5.41, 5.74) is 1.20. The highest BCUT2D eigenvalue weighted by Gasteiger charge is 2.10. The molecular formula is C16H26N2O2. The molecule has 0 radical (unpaired) electrons. The number of nitrogens with zero attached hydrogens (tertiary/aromatic N) is 1. The van der Waals surface area contributed by atoms with Crippen molar-refractivity contribution in [3.05, 3.63) is 29.8 Å². The smallest absolute Gasteiger partial charge is 0.317 e. The van der Waals surface area contributed by atoms with Gasteiger partial charge in [0.25, 0.3) is 0 Å². The second-order valence-corrected chi connectivity index (χ2v) is 4.82. The molecule has 0 aliphatic rings. The summed E-state index contributed by atoms with van der Waals surface area (Å²) in [6, 6.07) is 7.99. The lowest BCUT2D eigenvalue weighted by Crippen LogP contribution is -2.41. The zero-order valence-electron chi connectivity index (χ0n) is 12.8. The van der Waals surface area contributed by atoms with Crippen molar-refractivity contribution >= 4 is 6.03 Å². The van der Waals surface area contributed by atoms with Crippen molar-refractivity contribution in [2.45, 2.75) is 33.1 Å². The molecule has 1 rings (SSSR count). The first-order valence-corrected chi connectivity index (χ1v) is 7.37. The van der Waals surface area contributed by atoms with Gasteiger partial charge in [-0.2, -0.15) is 0 Å². The maximum absolute atomic E-state index is 12.0. The Kier molecular flexibility index (Phi) is 7.55. The topological polar surface area (TPSA) is 41.6 Å². The van der Waals surface area contributed by atoms with E-state index in [9.17, 15) is 4.79 Å². The first-order valence-electron chi connectivity index (χ1n) is 7.37. The molecule has 0 aromatic heterocycles. The van der Waals surface area contributed by atoms with Crippen LogP contribution >= 0.6 is 0 Å². The van der Waals surface area contributed by atoms with Crippen LogP contribution in [0.1, 0.15) is 32.3 Å². The number of benzene rings is 1. The molecule has 0 saturated carbocycles. The van der Waals surface area contributed by atoms with Crippen LogP contribution in [-0.2, 0) is 6.42 Å². The summed E-state index contributed by atoms with van der Waals surface area (Å²) in [5, 5.41) is 2.99. The van der Waals surface area contributed by atoms with Gasteiger partial charge in [0.05, 0.1) is 7.11 Å². The van der Waals surface area contributed by atoms with Crippen LogP contribution in [0.2, 0.25) is 0 Å². The molecule has 0 unspecified atom stereocenters. The molecular weight excluding hydrogens is 252 g/mol. The van der Waals surface area contributed by atoms with Gasteiger partial charge in [-0.3, -0.25) is 0 Å². The largest absolute Gasteiger partial charge is 0.497 e. The van der Waals surface area contributed by atoms with E-state index in [1.807, 2.05) is 29.2 Å². The molecule has 0 bridgehead atoms. The van der Waals surface area contributed by atoms with Crippen molar-refractivity contribution in [2.24, 2.45) is 0 Å². The van der Waals surface area contributed by atoms with Gasteiger partial charge in [0, 0.05) is 19.6 Å². The fourth-order valence-corrected chi connectivity index (χ4v) is 2.07. The van der Waals surface area contributed by atoms with E-state index in [1.54, 1.807) is 7.11 Å². The standard InChI is InChI=1S/C16H26N2O2/c1-4-12-18(13-5-2)16(19)17-11-10-14-6-8-15(20-3)9-7-14/h6-9H,4-5,10-13H2,1-3H3,(H,17,19). The average molecular weight is 278 g/mol. The van der Waals surface area contributed by atoms with Gasteiger partial charge in [0.1, 0.15) is 5.75 Å². The first kappa shape index (κ1) is 16.3. The van der Waals surface area contributed by atoms with Gasteiger partial charge >= 0.3 is 6.03 Å². The zero-order chi connectivity index (χ0) is 14.8. The zero-order valence-corrected chi connectivity index (χ0v) is 12.8. The number of rotatable bonds is 8. The Morgan fingerprint density at radius 2 is 1.75 bits per heavy atom. The van der Waals surface area contributed by atoms with E-state index < -0.39 is 0 Å². The number of ether oxygens (including phenoxy) is 1. The number of amides is 2. The summed E-state index contributed by atoms with van der Waals surface area (Å²) in [6.45, 7) is 6.49. The quantitative estimate of drug-likeness (QED) is 0.794. The van der Waals surface area contributed by atoms with Crippen molar-refractivity contribution in [1.29, 1.82) is 0 Å². The third-order valence-electron chi connectivity index (χ3n) is 3.12. The number of carbonyl (C=O) groups excluding carboxylic acids is 1. The van der Waals surface area contributed by atoms with Crippen LogP contribution < -0.4 is 10.1 Å². The first-order chi connectivity index (χ1) is 9.71. The van der Waals surface area contributed by atoms with E-state index in [4.69, 9.17) is 4.74 Å². The molecule has 112 valence electrons. The minimum absolute atomic E-state index is 0.0437. The number of hydrogen-bond donors (Lipinski definition) is 1. The molecule has 0 fully saturated rings. The van der Waals surface area contributed by atoms with Crippen LogP contribution in [0.4, 0.5) is 4.79 Å². The van der Waals surface area contributed by atoms with Gasteiger partial charge in [0.15, 0.2) is 0 Å². The molecule has 0 heterocycles. The molecule has 0 aliphatic carbocycles. The molecule has 0 saturated heterocycles. The van der Waals surface area contributed by atoms with Crippen molar-refractivity contribution in [3.63, 3.8) is 0 Å². The van der Waals surface area contributed by atoms with E-state index >= 15 is 0 Å². The van der Waals surface area contributed by atoms with Crippen LogP contribution in [0, 0.1) is 0 Å². The maximum atomic E-state index is 12.0. The molecule has 2 amide bonds. The fourth-order valence-electron chi connectivity index (χ4n) is 2.07. The maximum Gasteiger partial charge on any atom is 0.317 e. The third kappa shape index (κ3) is 5.51. The van der Waals surface area contributed by atoms with Crippen LogP contribution in [-0.4, -0.2) is 37.7 Å². The van der Waals surface area contributed by atoms with Crippen LogP contribution in [0.5, 0.6) is 5.75 Å². The second-order valence-electron chi connectivity index (χ2n) is 4.82. The third-order valence-corrected chi connectivity index (χ3v) is 3.12. The molecule has 0 aliphatic heterocycles. The molecule has 0 atom stereocenters. The summed E-state index contributed by atoms with van der Waals surface area (Å²) in [7, 11) is 1.66. The molecule has 1 aromatic carbocycles. The van der Waals surface area contributed by atoms with E-state index in [1.165, 1.54) is 5.56 Å². The lowest BCUT2D eigenvalue weighted by atomic mass is 10.1. The molecule has 1 aromatic rings. The molecule has 4 heteroatoms. The Bertz CT molecular complexity index is 384. The highest BCUT2D eigenvalue weighted by atomic mass is 16.5. The Morgan fingerprint density at radius 1 is 1.15 bits per heavy atom. The van der Waals surface area contributed by atoms with Gasteiger partial charge in [-0.05, 0) is 37.0 Å². The van der Waals surface area contributed by atoms with Crippen LogP contribution in [0.15, 0.2) is 24.3 Å². The number of methoxy groups -OCH3 is 1. The summed E-state index contributed by atoms with van der Waals surface area (Å²) in [5.74, 6) is 0.856. The predicted molar refractivity (Wildman–Crippen MR) is 82.3 cm³/mol. The number of carbonyl (C=O) groups is 1. The SMILES string of the molecule is CCCN(CCC)C(=O)NCCc1ccc(OC)cc1. The minimum atomic E-state index is 0.0437. The summed E-state index contributed by atoms with van der Waals surface area (Å²) in [6.07, 6.45) is 2.82. The van der Waals surface area contributed by atoms with E-state index in [0.717, 1.165) is 38.1 Å². The second kappa shape index (κ2) is 9.23. The van der Waals surface area contributed by atoms with Gasteiger partial charge < -0.3 is 15.0 Å². The number of urea groups is 1. The Morgan fingerprint density at radius 3 is 2.25 bits per heavy atom. The van der Waals surface area contributed by atoms with Crippen molar-refractivity contribution in [3.8, 4) is 5.75 Å². The van der Waals surface area contributed by atoms with E-state index in [-0.39, 0.29) is 6.03 Å². The Balaban J connectivity index is 2.35. The Labute approximate surface area is 122 Å². The Hall–Kier alpha value is -1.71. The fraction of sp³-hybridized carbons (Fsp3) is 0.562. The lowest BCUT2D eigenvalue weighted by Gasteiger charge is -2.21. The molecule has 0 spiro atoms. The highest BCUT2D eigenvalue weighted by molar-refractivity contribution is 5.74. The summed E-state index contributed by atoms with van der Waals surface area (Å²) in [4.78, 5) is 13.9. The van der Waals surface area contributed by atoms with Crippen molar-refractivity contribution in [2.75, 3.05) is 26.7 Å². The van der Waals surface area contributed by atoms with Crippen molar-refractivity contribution in [1.82, 2.24) is 10.2 Å². The van der Waals surface area contributed by atoms with Crippen LogP contribution in [0.3, 0.4) is 0 Å². The monoisotopic (exact) mass is 278 g/mol. The van der Waals surface area contributed by atoms with Crippen molar-refractivity contribution < 1.29 is 9.53 Å². The minimum Gasteiger partial charge on any atom is -0.497 e. The summed E-state index contributed by atoms with van der Waals surface area (Å²) >= 11 is 0. The highest BCUT2D eigenvalue weighted by Crippen LogP contribution is 2.11. The number of hydrogen-bond acceptors (Lipinski definition) is 2. The van der Waals surface area contributed by atoms with Gasteiger partial charge in [0.2, 0.25) is 0 Å². The summed E-state index contributed by atoms with van der Waals surface area (Å²) < 4.78 is 5.12. The molecule has 20 heavy (non-hydrogen) atoms. The van der Waals surface area contributed by atoms with Gasteiger partial charge in [-0.15, -0.1) is 0 Å². The van der Waals surface area contributed by atoms with Crippen LogP contribution in [0.25, 0.3) is 0 Å². The van der Waals surface area contributed by atoms with Gasteiger partial charge in [-0.25, -0.2) is 4.79 Å². The average Bonchev–Trinajstić information content (AvgIpc) is 2.47.